The molecule has 3 rings (SSSR count). The molecule has 0 radical (unpaired) electrons. The quantitative estimate of drug-likeness (QED) is 0.548. The molecule has 0 aliphatic carbocycles. The Morgan fingerprint density at radius 2 is 1.33 bits per heavy atom. The second-order valence-electron chi connectivity index (χ2n) is 6.75. The lowest BCUT2D eigenvalue weighted by Gasteiger charge is -2.21. The van der Waals surface area contributed by atoms with E-state index in [9.17, 15) is 4.79 Å². The number of para-hydroxylation sites is 1. The van der Waals surface area contributed by atoms with Crippen molar-refractivity contribution < 1.29 is 4.79 Å². The van der Waals surface area contributed by atoms with Crippen molar-refractivity contribution in [2.45, 2.75) is 32.2 Å². The van der Waals surface area contributed by atoms with E-state index >= 15 is 0 Å². The number of carbonyl (C=O) groups is 1. The summed E-state index contributed by atoms with van der Waals surface area (Å²) in [5.74, 6) is 0.389. The van der Waals surface area contributed by atoms with Crippen molar-refractivity contribution in [3.8, 4) is 0 Å². The van der Waals surface area contributed by atoms with E-state index in [1.54, 1.807) is 0 Å². The van der Waals surface area contributed by atoms with Crippen LogP contribution in [0.25, 0.3) is 0 Å². The van der Waals surface area contributed by atoms with Gasteiger partial charge in [-0.1, -0.05) is 92.7 Å². The number of hydrogen-bond acceptors (Lipinski definition) is 1. The van der Waals surface area contributed by atoms with Crippen molar-refractivity contribution in [1.29, 1.82) is 0 Å². The highest BCUT2D eigenvalue weighted by atomic mass is 16.2. The van der Waals surface area contributed by atoms with Crippen LogP contribution in [-0.4, -0.2) is 6.03 Å². The van der Waals surface area contributed by atoms with Crippen LogP contribution >= 0.6 is 0 Å². The molecule has 2 N–H and O–H groups in total. The van der Waals surface area contributed by atoms with E-state index in [1.165, 1.54) is 0 Å². The van der Waals surface area contributed by atoms with Gasteiger partial charge in [0.1, 0.15) is 0 Å². The zero-order valence-corrected chi connectivity index (χ0v) is 15.9. The lowest BCUT2D eigenvalue weighted by molar-refractivity contribution is 0.250. The van der Waals surface area contributed by atoms with Gasteiger partial charge in [0.15, 0.2) is 0 Å². The monoisotopic (exact) mass is 358 g/mol. The van der Waals surface area contributed by atoms with Crippen LogP contribution in [-0.2, 0) is 0 Å². The first-order valence-electron chi connectivity index (χ1n) is 9.45. The number of rotatable bonds is 6. The lowest BCUT2D eigenvalue weighted by atomic mass is 9.97. The molecule has 1 atom stereocenters. The van der Waals surface area contributed by atoms with E-state index in [1.807, 2.05) is 78.9 Å². The van der Waals surface area contributed by atoms with Crippen molar-refractivity contribution in [2.24, 2.45) is 0 Å². The number of hydrogen-bond donors (Lipinski definition) is 2. The first-order chi connectivity index (χ1) is 13.2. The van der Waals surface area contributed by atoms with Crippen molar-refractivity contribution in [3.63, 3.8) is 0 Å². The number of benzene rings is 3. The average Bonchev–Trinajstić information content (AvgIpc) is 2.73. The molecule has 0 saturated carbocycles. The number of amides is 2. The van der Waals surface area contributed by atoms with E-state index in [0.29, 0.717) is 5.92 Å². The fraction of sp³-hybridized carbons (Fsp3) is 0.208. The predicted octanol–water partition coefficient (Wildman–Crippen LogP) is 6.11. The molecule has 2 amide bonds. The van der Waals surface area contributed by atoms with Crippen LogP contribution in [0.5, 0.6) is 0 Å². The Hall–Kier alpha value is -3.07. The van der Waals surface area contributed by atoms with Crippen LogP contribution in [0, 0.1) is 0 Å². The second-order valence-corrected chi connectivity index (χ2v) is 6.75. The molecule has 3 aromatic rings. The summed E-state index contributed by atoms with van der Waals surface area (Å²) >= 11 is 0. The number of anilines is 1. The van der Waals surface area contributed by atoms with Crippen LogP contribution in [0.3, 0.4) is 0 Å². The highest BCUT2D eigenvalue weighted by Crippen LogP contribution is 2.27. The van der Waals surface area contributed by atoms with Crippen molar-refractivity contribution in [1.82, 2.24) is 5.32 Å². The Morgan fingerprint density at radius 3 is 1.89 bits per heavy atom. The molecule has 0 saturated heterocycles. The fourth-order valence-electron chi connectivity index (χ4n) is 3.20. The summed E-state index contributed by atoms with van der Waals surface area (Å²) in [7, 11) is 0. The van der Waals surface area contributed by atoms with Gasteiger partial charge in [-0.3, -0.25) is 0 Å². The Morgan fingerprint density at radius 1 is 0.815 bits per heavy atom. The van der Waals surface area contributed by atoms with E-state index in [-0.39, 0.29) is 12.1 Å². The van der Waals surface area contributed by atoms with Crippen LogP contribution in [0.2, 0.25) is 0 Å². The van der Waals surface area contributed by atoms with Gasteiger partial charge in [0.25, 0.3) is 0 Å². The smallest absolute Gasteiger partial charge is 0.319 e. The highest BCUT2D eigenvalue weighted by molar-refractivity contribution is 5.90. The summed E-state index contributed by atoms with van der Waals surface area (Å²) in [6.45, 7) is 4.33. The molecule has 0 spiro atoms. The summed E-state index contributed by atoms with van der Waals surface area (Å²) in [5, 5.41) is 6.18. The van der Waals surface area contributed by atoms with E-state index < -0.39 is 0 Å². The Bertz CT molecular complexity index is 822. The molecule has 3 aromatic carbocycles. The fourth-order valence-corrected chi connectivity index (χ4v) is 3.20. The number of urea groups is 1. The molecule has 3 heteroatoms. The Balaban J connectivity index is 1.82. The SMILES string of the molecule is CCC(C)c1ccccc1NC(=O)NC(c1ccccc1)c1ccccc1. The highest BCUT2D eigenvalue weighted by Gasteiger charge is 2.18. The van der Waals surface area contributed by atoms with E-state index in [0.717, 1.165) is 28.8 Å². The maximum Gasteiger partial charge on any atom is 0.319 e. The molecular weight excluding hydrogens is 332 g/mol. The molecule has 27 heavy (non-hydrogen) atoms. The van der Waals surface area contributed by atoms with Gasteiger partial charge < -0.3 is 10.6 Å². The minimum absolute atomic E-state index is 0.205. The lowest BCUT2D eigenvalue weighted by Crippen LogP contribution is -2.33. The van der Waals surface area contributed by atoms with Crippen LogP contribution in [0.15, 0.2) is 84.9 Å². The minimum Gasteiger partial charge on any atom is -0.327 e. The molecule has 1 unspecified atom stereocenters. The van der Waals surface area contributed by atoms with Crippen LogP contribution in [0.4, 0.5) is 10.5 Å². The predicted molar refractivity (Wildman–Crippen MR) is 112 cm³/mol. The third kappa shape index (κ3) is 4.76. The molecule has 138 valence electrons. The van der Waals surface area contributed by atoms with Crippen molar-refractivity contribution >= 4 is 11.7 Å². The zero-order chi connectivity index (χ0) is 19.1. The first-order valence-corrected chi connectivity index (χ1v) is 9.45. The summed E-state index contributed by atoms with van der Waals surface area (Å²) in [6.07, 6.45) is 1.02. The van der Waals surface area contributed by atoms with Gasteiger partial charge in [-0.05, 0) is 35.1 Å². The summed E-state index contributed by atoms with van der Waals surface area (Å²) in [5.41, 5.74) is 4.12. The molecule has 0 aliphatic heterocycles. The standard InChI is InChI=1S/C24H26N2O/c1-3-18(2)21-16-10-11-17-22(21)25-24(27)26-23(19-12-6-4-7-13-19)20-14-8-5-9-15-20/h4-18,23H,3H2,1-2H3,(H2,25,26,27). The number of nitrogens with one attached hydrogen (secondary N) is 2. The van der Waals surface area contributed by atoms with Crippen LogP contribution < -0.4 is 10.6 Å². The first kappa shape index (κ1) is 18.7. The van der Waals surface area contributed by atoms with E-state index in [2.05, 4.69) is 30.5 Å². The average molecular weight is 358 g/mol. The van der Waals surface area contributed by atoms with E-state index in [4.69, 9.17) is 0 Å². The van der Waals surface area contributed by atoms with Gasteiger partial charge in [-0.2, -0.15) is 0 Å². The van der Waals surface area contributed by atoms with Crippen LogP contribution in [0.1, 0.15) is 48.9 Å². The van der Waals surface area contributed by atoms with Gasteiger partial charge in [0.2, 0.25) is 0 Å². The van der Waals surface area contributed by atoms with Gasteiger partial charge in [-0.25, -0.2) is 4.79 Å². The van der Waals surface area contributed by atoms with Gasteiger partial charge in [0, 0.05) is 5.69 Å². The molecule has 0 fully saturated rings. The molecule has 3 nitrogen and oxygen atoms in total. The molecule has 0 aliphatic rings. The van der Waals surface area contributed by atoms with Crippen molar-refractivity contribution in [3.05, 3.63) is 102 Å². The maximum atomic E-state index is 12.8. The summed E-state index contributed by atoms with van der Waals surface area (Å²) in [4.78, 5) is 12.8. The van der Waals surface area contributed by atoms with Gasteiger partial charge in [-0.15, -0.1) is 0 Å². The van der Waals surface area contributed by atoms with Gasteiger partial charge in [0.05, 0.1) is 6.04 Å². The second kappa shape index (κ2) is 9.04. The van der Waals surface area contributed by atoms with Crippen molar-refractivity contribution in [2.75, 3.05) is 5.32 Å². The normalized spacial score (nSPS) is 11.8. The summed E-state index contributed by atoms with van der Waals surface area (Å²) in [6, 6.07) is 27.6. The Kier molecular flexibility index (Phi) is 6.26. The molecule has 0 heterocycles. The molecular formula is C24H26N2O. The molecule has 0 bridgehead atoms. The Labute approximate surface area is 161 Å². The summed E-state index contributed by atoms with van der Waals surface area (Å²) < 4.78 is 0. The third-order valence-corrected chi connectivity index (χ3v) is 4.89. The zero-order valence-electron chi connectivity index (χ0n) is 15.9. The van der Waals surface area contributed by atoms with Gasteiger partial charge >= 0.3 is 6.03 Å². The third-order valence-electron chi connectivity index (χ3n) is 4.89. The largest absolute Gasteiger partial charge is 0.327 e. The number of carbonyl (C=O) groups excluding carboxylic acids is 1. The minimum atomic E-state index is -0.205. The molecule has 0 aromatic heterocycles. The topological polar surface area (TPSA) is 41.1 Å². The maximum absolute atomic E-state index is 12.8.